The summed E-state index contributed by atoms with van der Waals surface area (Å²) in [7, 11) is -1.86. The van der Waals surface area contributed by atoms with Gasteiger partial charge in [0.15, 0.2) is 0 Å². The Hall–Kier alpha value is -0.560. The van der Waals surface area contributed by atoms with Gasteiger partial charge in [0.25, 0.3) is 0 Å². The van der Waals surface area contributed by atoms with E-state index in [1.165, 1.54) is 4.31 Å². The Kier molecular flexibility index (Phi) is 5.12. The zero-order valence-electron chi connectivity index (χ0n) is 11.9. The van der Waals surface area contributed by atoms with Crippen molar-refractivity contribution in [3.63, 3.8) is 0 Å². The Morgan fingerprint density at radius 2 is 2.30 bits per heavy atom. The van der Waals surface area contributed by atoms with Crippen molar-refractivity contribution in [2.45, 2.75) is 43.1 Å². The Labute approximate surface area is 125 Å². The average Bonchev–Trinajstić information content (AvgIpc) is 3.07. The molecule has 1 aromatic rings. The molecule has 1 saturated heterocycles. The molecule has 2 rings (SSSR count). The molecule has 1 aliphatic rings. The van der Waals surface area contributed by atoms with Crippen molar-refractivity contribution in [1.29, 1.82) is 0 Å². The summed E-state index contributed by atoms with van der Waals surface area (Å²) in [4.78, 5) is 0.316. The lowest BCUT2D eigenvalue weighted by Gasteiger charge is -2.21. The van der Waals surface area contributed by atoms with Crippen LogP contribution in [0.5, 0.6) is 0 Å². The molecular formula is C13H21ClN2O3S. The average molecular weight is 321 g/mol. The monoisotopic (exact) mass is 320 g/mol. The predicted octanol–water partition coefficient (Wildman–Crippen LogP) is 2.05. The van der Waals surface area contributed by atoms with Gasteiger partial charge in [0.2, 0.25) is 10.0 Å². The van der Waals surface area contributed by atoms with E-state index in [1.807, 2.05) is 11.5 Å². The Morgan fingerprint density at radius 3 is 2.85 bits per heavy atom. The molecule has 2 heterocycles. The van der Waals surface area contributed by atoms with Crippen LogP contribution in [0.2, 0.25) is 0 Å². The number of aromatic nitrogens is 1. The Bertz CT molecular complexity index is 550. The van der Waals surface area contributed by atoms with Gasteiger partial charge in [-0.05, 0) is 18.9 Å². The molecule has 1 aliphatic heterocycles. The molecule has 0 bridgehead atoms. The second-order valence-electron chi connectivity index (χ2n) is 5.03. The van der Waals surface area contributed by atoms with Gasteiger partial charge in [-0.25, -0.2) is 8.42 Å². The first-order valence-corrected chi connectivity index (χ1v) is 8.79. The highest BCUT2D eigenvalue weighted by molar-refractivity contribution is 7.89. The molecule has 5 nitrogen and oxygen atoms in total. The Balaban J connectivity index is 2.28. The highest BCUT2D eigenvalue weighted by atomic mass is 35.5. The third-order valence-corrected chi connectivity index (χ3v) is 5.81. The van der Waals surface area contributed by atoms with Crippen LogP contribution in [0.3, 0.4) is 0 Å². The fraction of sp³-hybridized carbons (Fsp3) is 0.692. The van der Waals surface area contributed by atoms with Crippen LogP contribution in [0.4, 0.5) is 0 Å². The van der Waals surface area contributed by atoms with Crippen molar-refractivity contribution in [2.24, 2.45) is 0 Å². The number of hydrogen-bond donors (Lipinski definition) is 0. The highest BCUT2D eigenvalue weighted by Crippen LogP contribution is 2.23. The topological polar surface area (TPSA) is 51.5 Å². The number of halogens is 1. The summed E-state index contributed by atoms with van der Waals surface area (Å²) in [6.45, 7) is 3.91. The van der Waals surface area contributed by atoms with Gasteiger partial charge in [0.05, 0.1) is 18.5 Å². The molecule has 114 valence electrons. The maximum atomic E-state index is 12.6. The number of likely N-dealkylation sites (N-methyl/N-ethyl adjacent to an activating group) is 1. The molecule has 1 unspecified atom stereocenters. The van der Waals surface area contributed by atoms with Gasteiger partial charge in [-0.2, -0.15) is 4.31 Å². The van der Waals surface area contributed by atoms with Gasteiger partial charge >= 0.3 is 0 Å². The molecule has 1 aromatic heterocycles. The standard InChI is InChI=1S/C13H21ClN2O3S/c1-3-5-16-9-13(7-12(16)8-14)20(17,18)15(2)11-4-6-19-10-11/h7,9,11H,3-6,8,10H2,1-2H3. The fourth-order valence-corrected chi connectivity index (χ4v) is 4.07. The van der Waals surface area contributed by atoms with Crippen LogP contribution in [0.25, 0.3) is 0 Å². The number of rotatable bonds is 6. The molecule has 0 N–H and O–H groups in total. The second-order valence-corrected chi connectivity index (χ2v) is 7.30. The zero-order chi connectivity index (χ0) is 14.8. The molecule has 1 fully saturated rings. The smallest absolute Gasteiger partial charge is 0.244 e. The quantitative estimate of drug-likeness (QED) is 0.754. The van der Waals surface area contributed by atoms with E-state index in [4.69, 9.17) is 16.3 Å². The number of hydrogen-bond acceptors (Lipinski definition) is 3. The molecule has 7 heteroatoms. The summed E-state index contributed by atoms with van der Waals surface area (Å²) in [5, 5.41) is 0. The number of aryl methyl sites for hydroxylation is 1. The van der Waals surface area contributed by atoms with Crippen LogP contribution in [-0.2, 0) is 27.2 Å². The summed E-state index contributed by atoms with van der Waals surface area (Å²) in [6, 6.07) is 1.60. The van der Waals surface area contributed by atoms with E-state index in [-0.39, 0.29) is 6.04 Å². The maximum absolute atomic E-state index is 12.6. The first-order chi connectivity index (χ1) is 9.50. The van der Waals surface area contributed by atoms with Crippen molar-refractivity contribution < 1.29 is 13.2 Å². The first kappa shape index (κ1) is 15.8. The van der Waals surface area contributed by atoms with E-state index >= 15 is 0 Å². The summed E-state index contributed by atoms with van der Waals surface area (Å²) in [6.07, 6.45) is 3.36. The SMILES string of the molecule is CCCn1cc(S(=O)(=O)N(C)C2CCOC2)cc1CCl. The summed E-state index contributed by atoms with van der Waals surface area (Å²) < 4.78 is 33.8. The fourth-order valence-electron chi connectivity index (χ4n) is 2.40. The van der Waals surface area contributed by atoms with Gasteiger partial charge in [-0.1, -0.05) is 6.92 Å². The van der Waals surface area contributed by atoms with Crippen molar-refractivity contribution in [2.75, 3.05) is 20.3 Å². The minimum absolute atomic E-state index is 0.0750. The zero-order valence-corrected chi connectivity index (χ0v) is 13.5. The highest BCUT2D eigenvalue weighted by Gasteiger charge is 2.31. The van der Waals surface area contributed by atoms with Gasteiger partial charge in [0, 0.05) is 32.1 Å². The molecule has 20 heavy (non-hydrogen) atoms. The molecule has 0 saturated carbocycles. The van der Waals surface area contributed by atoms with Crippen LogP contribution in [0.15, 0.2) is 17.2 Å². The van der Waals surface area contributed by atoms with Gasteiger partial charge < -0.3 is 9.30 Å². The van der Waals surface area contributed by atoms with Crippen molar-refractivity contribution in [1.82, 2.24) is 8.87 Å². The van der Waals surface area contributed by atoms with Crippen LogP contribution in [0.1, 0.15) is 25.5 Å². The molecule has 0 aromatic carbocycles. The van der Waals surface area contributed by atoms with Crippen LogP contribution in [0, 0.1) is 0 Å². The predicted molar refractivity (Wildman–Crippen MR) is 78.5 cm³/mol. The van der Waals surface area contributed by atoms with Crippen molar-refractivity contribution in [3.05, 3.63) is 18.0 Å². The van der Waals surface area contributed by atoms with Gasteiger partial charge in [0.1, 0.15) is 4.90 Å². The minimum atomic E-state index is -3.48. The molecule has 1 atom stereocenters. The van der Waals surface area contributed by atoms with Crippen molar-refractivity contribution in [3.8, 4) is 0 Å². The lowest BCUT2D eigenvalue weighted by molar-refractivity contribution is 0.181. The van der Waals surface area contributed by atoms with E-state index in [1.54, 1.807) is 19.3 Å². The van der Waals surface area contributed by atoms with E-state index in [0.29, 0.717) is 24.0 Å². The van der Waals surface area contributed by atoms with Crippen LogP contribution >= 0.6 is 11.6 Å². The molecule has 0 amide bonds. The van der Waals surface area contributed by atoms with E-state index in [0.717, 1.165) is 25.1 Å². The normalized spacial score (nSPS) is 19.9. The van der Waals surface area contributed by atoms with E-state index in [9.17, 15) is 8.42 Å². The molecule has 0 radical (unpaired) electrons. The lowest BCUT2D eigenvalue weighted by atomic mass is 10.3. The third-order valence-electron chi connectivity index (χ3n) is 3.66. The Morgan fingerprint density at radius 1 is 1.55 bits per heavy atom. The molecular weight excluding hydrogens is 300 g/mol. The minimum Gasteiger partial charge on any atom is -0.380 e. The number of ether oxygens (including phenoxy) is 1. The summed E-state index contributed by atoms with van der Waals surface area (Å²) in [5.41, 5.74) is 0.836. The van der Waals surface area contributed by atoms with Crippen molar-refractivity contribution >= 4 is 21.6 Å². The van der Waals surface area contributed by atoms with Gasteiger partial charge in [-0.15, -0.1) is 11.6 Å². The first-order valence-electron chi connectivity index (χ1n) is 6.81. The van der Waals surface area contributed by atoms with Crippen LogP contribution < -0.4 is 0 Å². The van der Waals surface area contributed by atoms with Gasteiger partial charge in [-0.3, -0.25) is 0 Å². The maximum Gasteiger partial charge on any atom is 0.244 e. The lowest BCUT2D eigenvalue weighted by Crippen LogP contribution is -2.37. The number of nitrogens with zero attached hydrogens (tertiary/aromatic N) is 2. The van der Waals surface area contributed by atoms with E-state index in [2.05, 4.69) is 0 Å². The summed E-state index contributed by atoms with van der Waals surface area (Å²) >= 11 is 5.89. The number of sulfonamides is 1. The van der Waals surface area contributed by atoms with Crippen LogP contribution in [-0.4, -0.2) is 43.6 Å². The van der Waals surface area contributed by atoms with E-state index < -0.39 is 10.0 Å². The molecule has 0 spiro atoms. The second kappa shape index (κ2) is 6.47. The number of alkyl halides is 1. The largest absolute Gasteiger partial charge is 0.380 e. The summed E-state index contributed by atoms with van der Waals surface area (Å²) in [5.74, 6) is 0.311. The third kappa shape index (κ3) is 3.03. The molecule has 0 aliphatic carbocycles.